The second-order valence-corrected chi connectivity index (χ2v) is 2.87. The van der Waals surface area contributed by atoms with E-state index in [0.717, 1.165) is 12.0 Å². The number of aromatic nitrogens is 4. The fourth-order valence-electron chi connectivity index (χ4n) is 1.06. The van der Waals surface area contributed by atoms with E-state index in [1.54, 1.807) is 23.0 Å². The number of aryl methyl sites for hydroxylation is 1. The number of hydrogen-bond acceptors (Lipinski definition) is 4. The van der Waals surface area contributed by atoms with Crippen LogP contribution in [0.4, 0.5) is 0 Å². The summed E-state index contributed by atoms with van der Waals surface area (Å²) in [5.41, 5.74) is 1.37. The standard InChI is InChI=1S/C9H8N4O/c1-7-5-13(12-11-7)9-3-2-8(6-14)4-10-9/h2-6H,1H3. The van der Waals surface area contributed by atoms with Gasteiger partial charge in [-0.25, -0.2) is 9.67 Å². The summed E-state index contributed by atoms with van der Waals surface area (Å²) >= 11 is 0. The Hall–Kier alpha value is -2.04. The largest absolute Gasteiger partial charge is 0.298 e. The smallest absolute Gasteiger partial charge is 0.155 e. The molecule has 2 heterocycles. The number of hydrogen-bond donors (Lipinski definition) is 0. The highest BCUT2D eigenvalue weighted by molar-refractivity contribution is 5.74. The first kappa shape index (κ1) is 8.55. The summed E-state index contributed by atoms with van der Waals surface area (Å²) in [7, 11) is 0. The fourth-order valence-corrected chi connectivity index (χ4v) is 1.06. The van der Waals surface area contributed by atoms with Gasteiger partial charge in [-0.05, 0) is 19.1 Å². The van der Waals surface area contributed by atoms with Crippen LogP contribution in [0.15, 0.2) is 24.5 Å². The van der Waals surface area contributed by atoms with Crippen molar-refractivity contribution in [2.75, 3.05) is 0 Å². The molecule has 0 radical (unpaired) electrons. The molecule has 0 saturated heterocycles. The molecule has 14 heavy (non-hydrogen) atoms. The second kappa shape index (κ2) is 3.37. The average molecular weight is 188 g/mol. The molecule has 0 aliphatic carbocycles. The average Bonchev–Trinajstić information content (AvgIpc) is 2.65. The van der Waals surface area contributed by atoms with Gasteiger partial charge in [-0.1, -0.05) is 5.21 Å². The molecule has 0 bridgehead atoms. The van der Waals surface area contributed by atoms with Crippen LogP contribution >= 0.6 is 0 Å². The molecular weight excluding hydrogens is 180 g/mol. The molecular formula is C9H8N4O. The van der Waals surface area contributed by atoms with Gasteiger partial charge in [0.1, 0.15) is 0 Å². The van der Waals surface area contributed by atoms with Crippen LogP contribution in [-0.2, 0) is 0 Å². The Morgan fingerprint density at radius 3 is 2.79 bits per heavy atom. The van der Waals surface area contributed by atoms with Crippen molar-refractivity contribution in [3.8, 4) is 5.82 Å². The highest BCUT2D eigenvalue weighted by Crippen LogP contribution is 2.03. The predicted octanol–water partition coefficient (Wildman–Crippen LogP) is 0.783. The van der Waals surface area contributed by atoms with Crippen LogP contribution in [0.25, 0.3) is 5.82 Å². The third-order valence-corrected chi connectivity index (χ3v) is 1.75. The molecule has 0 amide bonds. The van der Waals surface area contributed by atoms with Crippen LogP contribution < -0.4 is 0 Å². The second-order valence-electron chi connectivity index (χ2n) is 2.87. The van der Waals surface area contributed by atoms with E-state index in [4.69, 9.17) is 0 Å². The Morgan fingerprint density at radius 2 is 2.29 bits per heavy atom. The van der Waals surface area contributed by atoms with Crippen molar-refractivity contribution in [2.45, 2.75) is 6.92 Å². The third kappa shape index (κ3) is 1.52. The van der Waals surface area contributed by atoms with E-state index in [1.165, 1.54) is 6.20 Å². The van der Waals surface area contributed by atoms with E-state index in [2.05, 4.69) is 15.3 Å². The van der Waals surface area contributed by atoms with Crippen LogP contribution in [0.3, 0.4) is 0 Å². The van der Waals surface area contributed by atoms with Crippen molar-refractivity contribution in [3.05, 3.63) is 35.8 Å². The first-order valence-electron chi connectivity index (χ1n) is 4.10. The molecule has 0 atom stereocenters. The van der Waals surface area contributed by atoms with Gasteiger partial charge in [0.05, 0.1) is 11.9 Å². The minimum Gasteiger partial charge on any atom is -0.298 e. The zero-order valence-electron chi connectivity index (χ0n) is 7.58. The maximum atomic E-state index is 10.4. The number of rotatable bonds is 2. The Kier molecular flexibility index (Phi) is 2.06. The monoisotopic (exact) mass is 188 g/mol. The summed E-state index contributed by atoms with van der Waals surface area (Å²) in [6, 6.07) is 3.41. The molecule has 70 valence electrons. The lowest BCUT2D eigenvalue weighted by Gasteiger charge is -1.97. The highest BCUT2D eigenvalue weighted by atomic mass is 16.1. The molecule has 2 aromatic heterocycles. The molecule has 5 nitrogen and oxygen atoms in total. The van der Waals surface area contributed by atoms with Gasteiger partial charge in [0.15, 0.2) is 12.1 Å². The van der Waals surface area contributed by atoms with E-state index in [9.17, 15) is 4.79 Å². The van der Waals surface area contributed by atoms with Crippen molar-refractivity contribution in [2.24, 2.45) is 0 Å². The van der Waals surface area contributed by atoms with Gasteiger partial charge in [0.2, 0.25) is 0 Å². The van der Waals surface area contributed by atoms with Crippen molar-refractivity contribution in [3.63, 3.8) is 0 Å². The number of carbonyl (C=O) groups excluding carboxylic acids is 1. The van der Waals surface area contributed by atoms with E-state index in [0.29, 0.717) is 11.4 Å². The summed E-state index contributed by atoms with van der Waals surface area (Å²) in [6.45, 7) is 1.85. The van der Waals surface area contributed by atoms with Crippen LogP contribution in [0.5, 0.6) is 0 Å². The van der Waals surface area contributed by atoms with Gasteiger partial charge < -0.3 is 0 Å². The lowest BCUT2D eigenvalue weighted by Crippen LogP contribution is -1.98. The van der Waals surface area contributed by atoms with Crippen molar-refractivity contribution >= 4 is 6.29 Å². The van der Waals surface area contributed by atoms with E-state index < -0.39 is 0 Å². The lowest BCUT2D eigenvalue weighted by molar-refractivity contribution is 0.112. The molecule has 0 N–H and O–H groups in total. The summed E-state index contributed by atoms with van der Waals surface area (Å²) < 4.78 is 1.56. The summed E-state index contributed by atoms with van der Waals surface area (Å²) in [4.78, 5) is 14.4. The molecule has 2 aromatic rings. The molecule has 2 rings (SSSR count). The molecule has 0 aliphatic rings. The third-order valence-electron chi connectivity index (χ3n) is 1.75. The molecule has 5 heteroatoms. The fraction of sp³-hybridized carbons (Fsp3) is 0.111. The zero-order valence-corrected chi connectivity index (χ0v) is 7.58. The quantitative estimate of drug-likeness (QED) is 0.653. The SMILES string of the molecule is Cc1cn(-c2ccc(C=O)cn2)nn1. The van der Waals surface area contributed by atoms with Gasteiger partial charge in [-0.2, -0.15) is 0 Å². The van der Waals surface area contributed by atoms with Gasteiger partial charge in [0, 0.05) is 11.8 Å². The normalized spacial score (nSPS) is 10.1. The minimum atomic E-state index is 0.547. The van der Waals surface area contributed by atoms with E-state index in [-0.39, 0.29) is 0 Å². The van der Waals surface area contributed by atoms with Crippen LogP contribution in [0, 0.1) is 6.92 Å². The number of nitrogens with zero attached hydrogens (tertiary/aromatic N) is 4. The predicted molar refractivity (Wildman–Crippen MR) is 49.3 cm³/mol. The number of pyridine rings is 1. The minimum absolute atomic E-state index is 0.547. The Bertz CT molecular complexity index is 446. The number of aldehydes is 1. The molecule has 0 saturated carbocycles. The van der Waals surface area contributed by atoms with Gasteiger partial charge in [-0.15, -0.1) is 5.10 Å². The van der Waals surface area contributed by atoms with Crippen molar-refractivity contribution in [1.82, 2.24) is 20.0 Å². The van der Waals surface area contributed by atoms with E-state index in [1.807, 2.05) is 6.92 Å². The van der Waals surface area contributed by atoms with Crippen molar-refractivity contribution < 1.29 is 4.79 Å². The van der Waals surface area contributed by atoms with Gasteiger partial charge >= 0.3 is 0 Å². The molecule has 0 spiro atoms. The highest BCUT2D eigenvalue weighted by Gasteiger charge is 2.00. The Balaban J connectivity index is 2.38. The van der Waals surface area contributed by atoms with Crippen LogP contribution in [0.2, 0.25) is 0 Å². The van der Waals surface area contributed by atoms with Gasteiger partial charge in [-0.3, -0.25) is 4.79 Å². The first-order chi connectivity index (χ1) is 6.79. The molecule has 0 unspecified atom stereocenters. The Morgan fingerprint density at radius 1 is 1.43 bits per heavy atom. The van der Waals surface area contributed by atoms with Crippen molar-refractivity contribution in [1.29, 1.82) is 0 Å². The summed E-state index contributed by atoms with van der Waals surface area (Å²) in [5.74, 6) is 0.649. The molecule has 0 aliphatic heterocycles. The van der Waals surface area contributed by atoms with Gasteiger partial charge in [0.25, 0.3) is 0 Å². The van der Waals surface area contributed by atoms with Crippen LogP contribution in [-0.4, -0.2) is 26.3 Å². The lowest BCUT2D eigenvalue weighted by atomic mass is 10.3. The topological polar surface area (TPSA) is 60.7 Å². The summed E-state index contributed by atoms with van der Waals surface area (Å²) in [5, 5.41) is 7.70. The Labute approximate surface area is 80.4 Å². The first-order valence-corrected chi connectivity index (χ1v) is 4.10. The maximum Gasteiger partial charge on any atom is 0.155 e. The van der Waals surface area contributed by atoms with E-state index >= 15 is 0 Å². The number of carbonyl (C=O) groups is 1. The zero-order chi connectivity index (χ0) is 9.97. The summed E-state index contributed by atoms with van der Waals surface area (Å²) in [6.07, 6.45) is 4.02. The molecule has 0 aromatic carbocycles. The molecule has 0 fully saturated rings. The van der Waals surface area contributed by atoms with Crippen LogP contribution in [0.1, 0.15) is 16.1 Å². The maximum absolute atomic E-state index is 10.4.